The summed E-state index contributed by atoms with van der Waals surface area (Å²) in [4.78, 5) is 12.5. The van der Waals surface area contributed by atoms with Crippen LogP contribution in [0.1, 0.15) is 30.6 Å². The molecule has 1 saturated carbocycles. The second-order valence-electron chi connectivity index (χ2n) is 6.81. The standard InChI is InChI=1S/C16H19N3O3/c1-16(2)13-10(6-7-21-13)14(16)22-15(20)9-4-5-12-11(8-9)17-18-19(12)3/h4-5,8,10,13-14H,6-7H2,1-3H3/t10-,13+,14+/m1/s1. The number of ether oxygens (including phenoxy) is 2. The van der Waals surface area contributed by atoms with Crippen LogP contribution in [0.4, 0.5) is 0 Å². The van der Waals surface area contributed by atoms with Gasteiger partial charge in [-0.05, 0) is 24.6 Å². The van der Waals surface area contributed by atoms with Crippen molar-refractivity contribution in [1.82, 2.24) is 15.0 Å². The number of hydrogen-bond donors (Lipinski definition) is 0. The summed E-state index contributed by atoms with van der Waals surface area (Å²) in [5, 5.41) is 7.99. The molecule has 1 saturated heterocycles. The van der Waals surface area contributed by atoms with Crippen molar-refractivity contribution < 1.29 is 14.3 Å². The average Bonchev–Trinajstić information content (AvgIpc) is 3.10. The van der Waals surface area contributed by atoms with E-state index in [2.05, 4.69) is 24.2 Å². The molecule has 22 heavy (non-hydrogen) atoms. The van der Waals surface area contributed by atoms with Gasteiger partial charge in [0, 0.05) is 25.0 Å². The van der Waals surface area contributed by atoms with Crippen LogP contribution in [0.3, 0.4) is 0 Å². The first kappa shape index (κ1) is 13.7. The number of aryl methyl sites for hydroxylation is 1. The largest absolute Gasteiger partial charge is 0.458 e. The third kappa shape index (κ3) is 1.80. The van der Waals surface area contributed by atoms with Crippen molar-refractivity contribution >= 4 is 17.0 Å². The third-order valence-electron chi connectivity index (χ3n) is 5.07. The summed E-state index contributed by atoms with van der Waals surface area (Å²) in [6.45, 7) is 4.96. The summed E-state index contributed by atoms with van der Waals surface area (Å²) in [6.07, 6.45) is 1.10. The second-order valence-corrected chi connectivity index (χ2v) is 6.81. The molecule has 2 heterocycles. The highest BCUT2D eigenvalue weighted by Crippen LogP contribution is 2.53. The van der Waals surface area contributed by atoms with Crippen molar-refractivity contribution in [2.75, 3.05) is 6.61 Å². The number of fused-ring (bicyclic) bond motifs is 2. The Hall–Kier alpha value is -1.95. The molecule has 3 atom stereocenters. The number of carbonyl (C=O) groups is 1. The topological polar surface area (TPSA) is 66.2 Å². The predicted octanol–water partition coefficient (Wildman–Crippen LogP) is 1.94. The van der Waals surface area contributed by atoms with Gasteiger partial charge in [0.15, 0.2) is 0 Å². The van der Waals surface area contributed by atoms with E-state index in [1.165, 1.54) is 0 Å². The van der Waals surface area contributed by atoms with Crippen molar-refractivity contribution in [1.29, 1.82) is 0 Å². The van der Waals surface area contributed by atoms with Gasteiger partial charge in [0.05, 0.1) is 17.2 Å². The fourth-order valence-corrected chi connectivity index (χ4v) is 3.87. The zero-order chi connectivity index (χ0) is 15.5. The average molecular weight is 301 g/mol. The maximum Gasteiger partial charge on any atom is 0.338 e. The smallest absolute Gasteiger partial charge is 0.338 e. The van der Waals surface area contributed by atoms with Gasteiger partial charge in [-0.25, -0.2) is 9.48 Å². The van der Waals surface area contributed by atoms with Gasteiger partial charge >= 0.3 is 5.97 Å². The minimum absolute atomic E-state index is 0.0787. The van der Waals surface area contributed by atoms with E-state index < -0.39 is 0 Å². The van der Waals surface area contributed by atoms with E-state index in [1.54, 1.807) is 16.8 Å². The number of nitrogens with zero attached hydrogens (tertiary/aromatic N) is 3. The molecular weight excluding hydrogens is 282 g/mol. The van der Waals surface area contributed by atoms with Crippen LogP contribution >= 0.6 is 0 Å². The Kier molecular flexibility index (Phi) is 2.81. The molecule has 0 amide bonds. The number of benzene rings is 1. The van der Waals surface area contributed by atoms with Crippen LogP contribution in [0, 0.1) is 11.3 Å². The van der Waals surface area contributed by atoms with E-state index in [9.17, 15) is 4.79 Å². The third-order valence-corrected chi connectivity index (χ3v) is 5.07. The van der Waals surface area contributed by atoms with E-state index in [0.717, 1.165) is 18.5 Å². The van der Waals surface area contributed by atoms with Crippen molar-refractivity contribution in [2.24, 2.45) is 18.4 Å². The van der Waals surface area contributed by atoms with Crippen molar-refractivity contribution in [3.05, 3.63) is 23.8 Å². The highest BCUT2D eigenvalue weighted by molar-refractivity contribution is 5.93. The first-order valence-corrected chi connectivity index (χ1v) is 7.60. The summed E-state index contributed by atoms with van der Waals surface area (Å²) in [7, 11) is 1.82. The summed E-state index contributed by atoms with van der Waals surface area (Å²) < 4.78 is 13.2. The molecule has 0 bridgehead atoms. The summed E-state index contributed by atoms with van der Waals surface area (Å²) in [5.74, 6) is 0.0372. The van der Waals surface area contributed by atoms with Crippen molar-refractivity contribution in [3.63, 3.8) is 0 Å². The van der Waals surface area contributed by atoms with Crippen LogP contribution < -0.4 is 0 Å². The zero-order valence-corrected chi connectivity index (χ0v) is 12.9. The van der Waals surface area contributed by atoms with E-state index in [0.29, 0.717) is 17.0 Å². The minimum atomic E-state index is -0.295. The lowest BCUT2D eigenvalue weighted by Gasteiger charge is -2.53. The quantitative estimate of drug-likeness (QED) is 0.793. The number of rotatable bonds is 2. The van der Waals surface area contributed by atoms with Crippen LogP contribution in [0.25, 0.3) is 11.0 Å². The second kappa shape index (κ2) is 4.52. The molecule has 2 aromatic rings. The summed E-state index contributed by atoms with van der Waals surface area (Å²) in [5.41, 5.74) is 2.00. The number of carbonyl (C=O) groups excluding carboxylic acids is 1. The van der Waals surface area contributed by atoms with Gasteiger partial charge in [-0.2, -0.15) is 0 Å². The van der Waals surface area contributed by atoms with Gasteiger partial charge in [0.1, 0.15) is 11.6 Å². The number of esters is 1. The lowest BCUT2D eigenvalue weighted by molar-refractivity contribution is -0.183. The van der Waals surface area contributed by atoms with Gasteiger partial charge in [0.25, 0.3) is 0 Å². The fraction of sp³-hybridized carbons (Fsp3) is 0.562. The predicted molar refractivity (Wildman–Crippen MR) is 79.3 cm³/mol. The molecule has 0 spiro atoms. The Morgan fingerprint density at radius 2 is 2.27 bits per heavy atom. The van der Waals surface area contributed by atoms with Crippen LogP contribution in [-0.4, -0.2) is 39.8 Å². The lowest BCUT2D eigenvalue weighted by Crippen LogP contribution is -2.61. The highest BCUT2D eigenvalue weighted by atomic mass is 16.6. The van der Waals surface area contributed by atoms with Crippen molar-refractivity contribution in [3.8, 4) is 0 Å². The molecule has 1 aromatic heterocycles. The van der Waals surface area contributed by atoms with Crippen LogP contribution in [-0.2, 0) is 16.5 Å². The molecule has 0 unspecified atom stereocenters. The Labute approximate surface area is 128 Å². The Bertz CT molecular complexity index is 752. The number of aromatic nitrogens is 3. The van der Waals surface area contributed by atoms with Gasteiger partial charge in [0.2, 0.25) is 0 Å². The summed E-state index contributed by atoms with van der Waals surface area (Å²) >= 11 is 0. The van der Waals surface area contributed by atoms with Crippen molar-refractivity contribution in [2.45, 2.75) is 32.5 Å². The van der Waals surface area contributed by atoms with Gasteiger partial charge in [-0.3, -0.25) is 0 Å². The van der Waals surface area contributed by atoms with E-state index in [4.69, 9.17) is 9.47 Å². The molecule has 1 aliphatic heterocycles. The molecule has 6 nitrogen and oxygen atoms in total. The molecule has 116 valence electrons. The molecule has 0 N–H and O–H groups in total. The minimum Gasteiger partial charge on any atom is -0.458 e. The van der Waals surface area contributed by atoms with Crippen LogP contribution in [0.5, 0.6) is 0 Å². The molecular formula is C16H19N3O3. The first-order valence-electron chi connectivity index (χ1n) is 7.60. The molecule has 2 aliphatic rings. The lowest BCUT2D eigenvalue weighted by atomic mass is 9.59. The van der Waals surface area contributed by atoms with Crippen LogP contribution in [0.15, 0.2) is 18.2 Å². The maximum atomic E-state index is 12.5. The normalized spacial score (nSPS) is 29.1. The monoisotopic (exact) mass is 301 g/mol. The SMILES string of the molecule is Cn1nnc2cc(C(=O)O[C@H]3[C@@H]4CCO[C@@H]4C3(C)C)ccc21. The molecule has 4 rings (SSSR count). The Balaban J connectivity index is 1.56. The van der Waals surface area contributed by atoms with Gasteiger partial charge in [-0.15, -0.1) is 5.10 Å². The molecule has 1 aliphatic carbocycles. The molecule has 1 aromatic carbocycles. The fourth-order valence-electron chi connectivity index (χ4n) is 3.87. The zero-order valence-electron chi connectivity index (χ0n) is 12.9. The Morgan fingerprint density at radius 3 is 3.09 bits per heavy atom. The van der Waals surface area contributed by atoms with E-state index >= 15 is 0 Å². The highest BCUT2D eigenvalue weighted by Gasteiger charge is 2.61. The Morgan fingerprint density at radius 1 is 1.45 bits per heavy atom. The van der Waals surface area contributed by atoms with Crippen LogP contribution in [0.2, 0.25) is 0 Å². The first-order chi connectivity index (χ1) is 10.5. The van der Waals surface area contributed by atoms with E-state index in [-0.39, 0.29) is 23.6 Å². The number of hydrogen-bond acceptors (Lipinski definition) is 5. The summed E-state index contributed by atoms with van der Waals surface area (Å²) in [6, 6.07) is 5.35. The maximum absolute atomic E-state index is 12.5. The molecule has 0 radical (unpaired) electrons. The van der Waals surface area contributed by atoms with E-state index in [1.807, 2.05) is 13.1 Å². The van der Waals surface area contributed by atoms with Gasteiger partial charge in [-0.1, -0.05) is 19.1 Å². The molecule has 6 heteroatoms. The molecule has 2 fully saturated rings. The van der Waals surface area contributed by atoms with Gasteiger partial charge < -0.3 is 9.47 Å².